The van der Waals surface area contributed by atoms with Gasteiger partial charge in [-0.15, -0.1) is 11.3 Å². The summed E-state index contributed by atoms with van der Waals surface area (Å²) in [6.45, 7) is 0.588. The number of aromatic nitrogens is 2. The molecule has 16 heavy (non-hydrogen) atoms. The van der Waals surface area contributed by atoms with E-state index in [1.807, 2.05) is 17.5 Å². The van der Waals surface area contributed by atoms with Crippen LogP contribution in [-0.2, 0) is 4.79 Å². The molecule has 1 atom stereocenters. The van der Waals surface area contributed by atoms with E-state index in [0.29, 0.717) is 24.7 Å². The molecule has 82 valence electrons. The molecule has 1 aliphatic heterocycles. The van der Waals surface area contributed by atoms with Crippen LogP contribution >= 0.6 is 11.3 Å². The minimum Gasteiger partial charge on any atom is -0.355 e. The number of hydrogen-bond donors (Lipinski definition) is 1. The lowest BCUT2D eigenvalue weighted by Crippen LogP contribution is -2.13. The fourth-order valence-corrected chi connectivity index (χ4v) is 2.34. The molecule has 0 bridgehead atoms. The lowest BCUT2D eigenvalue weighted by atomic mass is 10.1. The van der Waals surface area contributed by atoms with E-state index in [1.54, 1.807) is 11.3 Å². The van der Waals surface area contributed by atoms with E-state index >= 15 is 0 Å². The minimum atomic E-state index is 0.0220. The minimum absolute atomic E-state index is 0.0220. The van der Waals surface area contributed by atoms with E-state index in [9.17, 15) is 4.79 Å². The Labute approximate surface area is 95.5 Å². The summed E-state index contributed by atoms with van der Waals surface area (Å²) in [6.07, 6.45) is 0.437. The molecule has 0 saturated carbocycles. The Kier molecular flexibility index (Phi) is 2.21. The van der Waals surface area contributed by atoms with E-state index in [0.717, 1.165) is 4.88 Å². The van der Waals surface area contributed by atoms with Gasteiger partial charge in [0.25, 0.3) is 0 Å². The summed E-state index contributed by atoms with van der Waals surface area (Å²) in [5.74, 6) is 1.21. The molecular weight excluding hydrogens is 226 g/mol. The molecule has 2 aromatic rings. The summed E-state index contributed by atoms with van der Waals surface area (Å²) < 4.78 is 5.17. The van der Waals surface area contributed by atoms with E-state index in [1.165, 1.54) is 0 Å². The highest BCUT2D eigenvalue weighted by Gasteiger charge is 2.28. The molecule has 1 amide bonds. The zero-order valence-corrected chi connectivity index (χ0v) is 9.16. The largest absolute Gasteiger partial charge is 0.355 e. The Bertz CT molecular complexity index is 506. The van der Waals surface area contributed by atoms with Crippen LogP contribution in [0.5, 0.6) is 0 Å². The van der Waals surface area contributed by atoms with Crippen LogP contribution in [0, 0.1) is 0 Å². The van der Waals surface area contributed by atoms with Gasteiger partial charge in [0.05, 0.1) is 10.8 Å². The first-order chi connectivity index (χ1) is 7.83. The average Bonchev–Trinajstić information content (AvgIpc) is 2.97. The normalized spacial score (nSPS) is 20.0. The van der Waals surface area contributed by atoms with Gasteiger partial charge in [0.1, 0.15) is 0 Å². The number of carbonyl (C=O) groups excluding carboxylic acids is 1. The van der Waals surface area contributed by atoms with Gasteiger partial charge in [0.2, 0.25) is 17.6 Å². The van der Waals surface area contributed by atoms with Crippen molar-refractivity contribution in [2.24, 2.45) is 0 Å². The molecular formula is C10H9N3O2S. The average molecular weight is 235 g/mol. The maximum atomic E-state index is 11.1. The molecule has 0 unspecified atom stereocenters. The third-order valence-corrected chi connectivity index (χ3v) is 3.38. The topological polar surface area (TPSA) is 68.0 Å². The number of nitrogens with zero attached hydrogens (tertiary/aromatic N) is 2. The van der Waals surface area contributed by atoms with Crippen LogP contribution < -0.4 is 5.32 Å². The van der Waals surface area contributed by atoms with Gasteiger partial charge in [-0.2, -0.15) is 4.98 Å². The third-order valence-electron chi connectivity index (χ3n) is 2.51. The molecule has 0 aliphatic carbocycles. The van der Waals surface area contributed by atoms with Crippen molar-refractivity contribution < 1.29 is 9.32 Å². The van der Waals surface area contributed by atoms with Crippen molar-refractivity contribution in [2.75, 3.05) is 6.54 Å². The van der Waals surface area contributed by atoms with Crippen molar-refractivity contribution in [3.63, 3.8) is 0 Å². The van der Waals surface area contributed by atoms with Gasteiger partial charge in [-0.1, -0.05) is 11.2 Å². The van der Waals surface area contributed by atoms with Crippen molar-refractivity contribution in [1.82, 2.24) is 15.5 Å². The number of amides is 1. The molecule has 0 aromatic carbocycles. The standard InChI is InChI=1S/C10H9N3O2S/c14-8-4-6(5-11-8)10-12-9(13-15-10)7-2-1-3-16-7/h1-3,6H,4-5H2,(H,11,14)/t6-/m0/s1. The zero-order chi connectivity index (χ0) is 11.0. The number of hydrogen-bond acceptors (Lipinski definition) is 5. The Balaban J connectivity index is 1.85. The fraction of sp³-hybridized carbons (Fsp3) is 0.300. The van der Waals surface area contributed by atoms with Gasteiger partial charge < -0.3 is 9.84 Å². The van der Waals surface area contributed by atoms with Gasteiger partial charge in [-0.25, -0.2) is 0 Å². The van der Waals surface area contributed by atoms with E-state index in [-0.39, 0.29) is 11.8 Å². The monoisotopic (exact) mass is 235 g/mol. The van der Waals surface area contributed by atoms with Crippen molar-refractivity contribution in [3.05, 3.63) is 23.4 Å². The van der Waals surface area contributed by atoms with Gasteiger partial charge in [0.15, 0.2) is 0 Å². The Morgan fingerprint density at radius 1 is 1.56 bits per heavy atom. The van der Waals surface area contributed by atoms with E-state index in [2.05, 4.69) is 15.5 Å². The van der Waals surface area contributed by atoms with Crippen molar-refractivity contribution in [1.29, 1.82) is 0 Å². The maximum Gasteiger partial charge on any atom is 0.232 e. The lowest BCUT2D eigenvalue weighted by molar-refractivity contribution is -0.119. The van der Waals surface area contributed by atoms with Crippen LogP contribution in [0.4, 0.5) is 0 Å². The molecule has 6 heteroatoms. The predicted molar refractivity (Wildman–Crippen MR) is 58.0 cm³/mol. The fourth-order valence-electron chi connectivity index (χ4n) is 1.69. The molecule has 1 saturated heterocycles. The Morgan fingerprint density at radius 2 is 2.50 bits per heavy atom. The highest BCUT2D eigenvalue weighted by molar-refractivity contribution is 7.13. The molecule has 1 fully saturated rings. The smallest absolute Gasteiger partial charge is 0.232 e. The summed E-state index contributed by atoms with van der Waals surface area (Å²) in [5.41, 5.74) is 0. The Hall–Kier alpha value is -1.69. The van der Waals surface area contributed by atoms with Gasteiger partial charge in [0, 0.05) is 13.0 Å². The summed E-state index contributed by atoms with van der Waals surface area (Å²) in [7, 11) is 0. The lowest BCUT2D eigenvalue weighted by Gasteiger charge is -1.96. The third kappa shape index (κ3) is 1.61. The molecule has 5 nitrogen and oxygen atoms in total. The maximum absolute atomic E-state index is 11.1. The number of thiophene rings is 1. The summed E-state index contributed by atoms with van der Waals surface area (Å²) in [4.78, 5) is 16.4. The number of rotatable bonds is 2. The van der Waals surface area contributed by atoms with Gasteiger partial charge >= 0.3 is 0 Å². The van der Waals surface area contributed by atoms with Crippen molar-refractivity contribution in [2.45, 2.75) is 12.3 Å². The molecule has 3 rings (SSSR count). The van der Waals surface area contributed by atoms with Crippen LogP contribution in [-0.4, -0.2) is 22.6 Å². The van der Waals surface area contributed by atoms with E-state index in [4.69, 9.17) is 4.52 Å². The van der Waals surface area contributed by atoms with Gasteiger partial charge in [-0.05, 0) is 11.4 Å². The molecule has 1 aliphatic rings. The van der Waals surface area contributed by atoms with Crippen LogP contribution in [0.3, 0.4) is 0 Å². The van der Waals surface area contributed by atoms with Crippen LogP contribution in [0.1, 0.15) is 18.2 Å². The van der Waals surface area contributed by atoms with E-state index < -0.39 is 0 Å². The Morgan fingerprint density at radius 3 is 3.19 bits per heavy atom. The van der Waals surface area contributed by atoms with Crippen LogP contribution in [0.15, 0.2) is 22.0 Å². The first kappa shape index (κ1) is 9.53. The first-order valence-corrected chi connectivity index (χ1v) is 5.85. The second-order valence-electron chi connectivity index (χ2n) is 3.64. The second kappa shape index (κ2) is 3.71. The molecule has 1 N–H and O–H groups in total. The first-order valence-electron chi connectivity index (χ1n) is 4.97. The highest BCUT2D eigenvalue weighted by atomic mass is 32.1. The summed E-state index contributed by atoms with van der Waals surface area (Å²) >= 11 is 1.56. The second-order valence-corrected chi connectivity index (χ2v) is 4.59. The quantitative estimate of drug-likeness (QED) is 0.854. The molecule has 2 aromatic heterocycles. The van der Waals surface area contributed by atoms with Crippen LogP contribution in [0.25, 0.3) is 10.7 Å². The SMILES string of the molecule is O=C1C[C@H](c2nc(-c3cccs3)no2)CN1. The molecule has 0 spiro atoms. The van der Waals surface area contributed by atoms with Crippen LogP contribution in [0.2, 0.25) is 0 Å². The number of carbonyl (C=O) groups is 1. The predicted octanol–water partition coefficient (Wildman–Crippen LogP) is 1.40. The molecule has 3 heterocycles. The highest BCUT2D eigenvalue weighted by Crippen LogP contribution is 2.26. The van der Waals surface area contributed by atoms with Gasteiger partial charge in [-0.3, -0.25) is 4.79 Å². The molecule has 0 radical (unpaired) electrons. The number of nitrogens with one attached hydrogen (secondary N) is 1. The summed E-state index contributed by atoms with van der Waals surface area (Å²) in [5, 5.41) is 8.63. The summed E-state index contributed by atoms with van der Waals surface area (Å²) in [6, 6.07) is 3.88. The van der Waals surface area contributed by atoms with Crippen molar-refractivity contribution >= 4 is 17.2 Å². The van der Waals surface area contributed by atoms with Crippen molar-refractivity contribution in [3.8, 4) is 10.7 Å². The zero-order valence-electron chi connectivity index (χ0n) is 8.34.